The van der Waals surface area contributed by atoms with Gasteiger partial charge >= 0.3 is 0 Å². The van der Waals surface area contributed by atoms with Gasteiger partial charge in [0.1, 0.15) is 11.4 Å². The molecule has 3 aromatic carbocycles. The van der Waals surface area contributed by atoms with E-state index in [1.807, 2.05) is 19.1 Å². The molecule has 4 nitrogen and oxygen atoms in total. The Morgan fingerprint density at radius 1 is 1.03 bits per heavy atom. The van der Waals surface area contributed by atoms with Gasteiger partial charge in [0.25, 0.3) is 5.91 Å². The molecule has 154 valence electrons. The number of carbonyl (C=O) groups excluding carboxylic acids is 1. The van der Waals surface area contributed by atoms with E-state index in [0.717, 1.165) is 11.1 Å². The van der Waals surface area contributed by atoms with Crippen LogP contribution in [0.2, 0.25) is 5.02 Å². The maximum Gasteiger partial charge on any atom is 0.291 e. The molecule has 1 unspecified atom stereocenters. The van der Waals surface area contributed by atoms with Crippen LogP contribution in [0.25, 0.3) is 11.0 Å². The van der Waals surface area contributed by atoms with E-state index >= 15 is 0 Å². The molecule has 0 spiro atoms. The molecule has 6 heteroatoms. The third kappa shape index (κ3) is 3.31. The highest BCUT2D eigenvalue weighted by Gasteiger charge is 2.42. The van der Waals surface area contributed by atoms with Crippen molar-refractivity contribution in [1.82, 2.24) is 4.90 Å². The van der Waals surface area contributed by atoms with Gasteiger partial charge in [-0.3, -0.25) is 9.59 Å². The molecule has 1 aliphatic rings. The van der Waals surface area contributed by atoms with Crippen molar-refractivity contribution >= 4 is 28.5 Å². The predicted molar refractivity (Wildman–Crippen MR) is 117 cm³/mol. The average molecular weight is 434 g/mol. The van der Waals surface area contributed by atoms with Gasteiger partial charge in [-0.15, -0.1) is 0 Å². The molecule has 0 N–H and O–H groups in total. The second kappa shape index (κ2) is 7.36. The number of rotatable bonds is 3. The van der Waals surface area contributed by atoms with Crippen molar-refractivity contribution in [2.45, 2.75) is 19.5 Å². The molecule has 0 bridgehead atoms. The summed E-state index contributed by atoms with van der Waals surface area (Å²) in [6.45, 7) is 2.09. The van der Waals surface area contributed by atoms with E-state index in [1.54, 1.807) is 47.4 Å². The Labute approximate surface area is 182 Å². The van der Waals surface area contributed by atoms with Crippen molar-refractivity contribution in [3.8, 4) is 0 Å². The number of fused-ring (bicyclic) bond motifs is 2. The first-order valence-corrected chi connectivity index (χ1v) is 10.2. The monoisotopic (exact) mass is 433 g/mol. The van der Waals surface area contributed by atoms with Gasteiger partial charge in [0.2, 0.25) is 5.76 Å². The largest absolute Gasteiger partial charge is 0.450 e. The number of aryl methyl sites for hydroxylation is 1. The topological polar surface area (TPSA) is 50.5 Å². The third-order valence-electron chi connectivity index (χ3n) is 5.55. The van der Waals surface area contributed by atoms with Gasteiger partial charge in [0.15, 0.2) is 5.43 Å². The highest BCUT2D eigenvalue weighted by molar-refractivity contribution is 6.30. The molecule has 1 amide bonds. The summed E-state index contributed by atoms with van der Waals surface area (Å²) >= 11 is 6.22. The number of benzene rings is 3. The van der Waals surface area contributed by atoms with Crippen molar-refractivity contribution in [3.05, 3.63) is 116 Å². The summed E-state index contributed by atoms with van der Waals surface area (Å²) in [5, 5.41) is 0.934. The number of hydrogen-bond acceptors (Lipinski definition) is 3. The lowest BCUT2D eigenvalue weighted by Gasteiger charge is -2.25. The quantitative estimate of drug-likeness (QED) is 0.420. The molecule has 0 aliphatic carbocycles. The van der Waals surface area contributed by atoms with Gasteiger partial charge in [-0.05, 0) is 54.4 Å². The smallest absolute Gasteiger partial charge is 0.291 e. The predicted octanol–water partition coefficient (Wildman–Crippen LogP) is 5.64. The van der Waals surface area contributed by atoms with Gasteiger partial charge in [-0.25, -0.2) is 4.39 Å². The lowest BCUT2D eigenvalue weighted by molar-refractivity contribution is 0.0714. The summed E-state index contributed by atoms with van der Waals surface area (Å²) in [6.07, 6.45) is 0. The first-order valence-electron chi connectivity index (χ1n) is 9.80. The summed E-state index contributed by atoms with van der Waals surface area (Å²) in [6, 6.07) is 17.7. The van der Waals surface area contributed by atoms with Gasteiger partial charge < -0.3 is 9.32 Å². The van der Waals surface area contributed by atoms with E-state index in [2.05, 4.69) is 0 Å². The Morgan fingerprint density at radius 2 is 1.81 bits per heavy atom. The van der Waals surface area contributed by atoms with Crippen molar-refractivity contribution < 1.29 is 13.6 Å². The lowest BCUT2D eigenvalue weighted by Crippen LogP contribution is -2.29. The SMILES string of the molecule is Cc1ccc2oc3c(c(=O)c2c1)C(c1cccc(Cl)c1)N(Cc1ccc(F)cc1)C3=O. The van der Waals surface area contributed by atoms with Crippen LogP contribution in [0.4, 0.5) is 4.39 Å². The number of carbonyl (C=O) groups is 1. The van der Waals surface area contributed by atoms with Gasteiger partial charge in [-0.1, -0.05) is 47.5 Å². The minimum atomic E-state index is -0.660. The fourth-order valence-electron chi connectivity index (χ4n) is 4.11. The van der Waals surface area contributed by atoms with Crippen LogP contribution in [0.5, 0.6) is 0 Å². The van der Waals surface area contributed by atoms with Crippen LogP contribution in [0, 0.1) is 12.7 Å². The van der Waals surface area contributed by atoms with Crippen LogP contribution in [0.15, 0.2) is 75.9 Å². The Kier molecular flexibility index (Phi) is 4.63. The van der Waals surface area contributed by atoms with Crippen molar-refractivity contribution in [1.29, 1.82) is 0 Å². The molecule has 0 saturated heterocycles. The molecule has 1 atom stereocenters. The van der Waals surface area contributed by atoms with Gasteiger partial charge in [0.05, 0.1) is 17.0 Å². The highest BCUT2D eigenvalue weighted by Crippen LogP contribution is 2.39. The second-order valence-electron chi connectivity index (χ2n) is 7.69. The van der Waals surface area contributed by atoms with E-state index in [1.165, 1.54) is 12.1 Å². The average Bonchev–Trinajstić information content (AvgIpc) is 3.02. The minimum absolute atomic E-state index is 0.0356. The van der Waals surface area contributed by atoms with Crippen LogP contribution >= 0.6 is 11.6 Å². The van der Waals surface area contributed by atoms with Crippen LogP contribution < -0.4 is 5.43 Å². The van der Waals surface area contributed by atoms with E-state index in [-0.39, 0.29) is 29.5 Å². The summed E-state index contributed by atoms with van der Waals surface area (Å²) in [5.74, 6) is -0.707. The number of amides is 1. The number of halogens is 2. The van der Waals surface area contributed by atoms with E-state index in [4.69, 9.17) is 16.0 Å². The first kappa shape index (κ1) is 19.5. The van der Waals surface area contributed by atoms with Crippen LogP contribution in [-0.2, 0) is 6.54 Å². The Bertz CT molecular complexity index is 1390. The van der Waals surface area contributed by atoms with Crippen LogP contribution in [0.1, 0.15) is 38.9 Å². The van der Waals surface area contributed by atoms with Crippen LogP contribution in [0.3, 0.4) is 0 Å². The summed E-state index contributed by atoms with van der Waals surface area (Å²) in [4.78, 5) is 28.5. The van der Waals surface area contributed by atoms with E-state index in [0.29, 0.717) is 27.1 Å². The Balaban J connectivity index is 1.73. The molecule has 2 heterocycles. The standard InChI is InChI=1S/C25H17ClFNO3/c1-14-5-10-20-19(11-14)23(29)21-22(16-3-2-4-17(26)12-16)28(25(30)24(21)31-20)13-15-6-8-18(27)9-7-15/h2-12,22H,13H2,1H3. The number of nitrogens with zero attached hydrogens (tertiary/aromatic N) is 1. The molecule has 0 saturated carbocycles. The molecular weight excluding hydrogens is 417 g/mol. The minimum Gasteiger partial charge on any atom is -0.450 e. The van der Waals surface area contributed by atoms with Crippen molar-refractivity contribution in [3.63, 3.8) is 0 Å². The summed E-state index contributed by atoms with van der Waals surface area (Å²) < 4.78 is 19.3. The highest BCUT2D eigenvalue weighted by atomic mass is 35.5. The Morgan fingerprint density at radius 3 is 2.55 bits per heavy atom. The third-order valence-corrected chi connectivity index (χ3v) is 5.79. The molecular formula is C25H17ClFNO3. The van der Waals surface area contributed by atoms with Crippen LogP contribution in [-0.4, -0.2) is 10.8 Å². The maximum atomic E-state index is 13.5. The fraction of sp³-hybridized carbons (Fsp3) is 0.120. The zero-order valence-corrected chi connectivity index (χ0v) is 17.3. The van der Waals surface area contributed by atoms with Gasteiger partial charge in [-0.2, -0.15) is 0 Å². The molecule has 1 aliphatic heterocycles. The fourth-order valence-corrected chi connectivity index (χ4v) is 4.31. The molecule has 0 fully saturated rings. The number of hydrogen-bond donors (Lipinski definition) is 0. The molecule has 31 heavy (non-hydrogen) atoms. The van der Waals surface area contributed by atoms with Gasteiger partial charge in [0, 0.05) is 11.6 Å². The molecule has 5 rings (SSSR count). The molecule has 1 aromatic heterocycles. The summed E-state index contributed by atoms with van der Waals surface area (Å²) in [5.41, 5.74) is 2.80. The normalized spacial score (nSPS) is 15.5. The summed E-state index contributed by atoms with van der Waals surface area (Å²) in [7, 11) is 0. The Hall–Kier alpha value is -3.44. The first-order chi connectivity index (χ1) is 14.9. The lowest BCUT2D eigenvalue weighted by atomic mass is 9.98. The zero-order chi connectivity index (χ0) is 21.7. The van der Waals surface area contributed by atoms with Crippen molar-refractivity contribution in [2.75, 3.05) is 0 Å². The van der Waals surface area contributed by atoms with Crippen molar-refractivity contribution in [2.24, 2.45) is 0 Å². The molecule has 0 radical (unpaired) electrons. The zero-order valence-electron chi connectivity index (χ0n) is 16.6. The second-order valence-corrected chi connectivity index (χ2v) is 8.13. The van der Waals surface area contributed by atoms with E-state index < -0.39 is 6.04 Å². The maximum absolute atomic E-state index is 13.5. The van der Waals surface area contributed by atoms with E-state index in [9.17, 15) is 14.0 Å². The molecule has 4 aromatic rings.